The van der Waals surface area contributed by atoms with Crippen molar-refractivity contribution in [3.05, 3.63) is 95.6 Å². The van der Waals surface area contributed by atoms with Gasteiger partial charge in [-0.05, 0) is 74.8 Å². The standard InChI is InChI=1S/C28H28N6/c1-19-8-4-5-10-21(19)15-17-34(3)18-26-32-27(24-11-6-9-20(2)30-24)28(33-26)25-14-13-22-23(31-25)12-7-16-29-22/h4-14,16H,15,17-18H2,1-3H3,(H,32,33). The third-order valence-corrected chi connectivity index (χ3v) is 6.04. The van der Waals surface area contributed by atoms with Crippen molar-refractivity contribution in [3.8, 4) is 22.8 Å². The number of hydrogen-bond acceptors (Lipinski definition) is 5. The third-order valence-electron chi connectivity index (χ3n) is 6.04. The molecule has 0 aliphatic carbocycles. The first-order valence-corrected chi connectivity index (χ1v) is 11.5. The Bertz CT molecular complexity index is 1440. The average molecular weight is 449 g/mol. The normalized spacial score (nSPS) is 11.4. The van der Waals surface area contributed by atoms with Gasteiger partial charge in [-0.3, -0.25) is 14.9 Å². The van der Waals surface area contributed by atoms with Gasteiger partial charge in [0, 0.05) is 18.4 Å². The van der Waals surface area contributed by atoms with Crippen LogP contribution in [0.3, 0.4) is 0 Å². The number of nitrogens with zero attached hydrogens (tertiary/aromatic N) is 5. The molecule has 0 saturated carbocycles. The lowest BCUT2D eigenvalue weighted by molar-refractivity contribution is 0.323. The van der Waals surface area contributed by atoms with Gasteiger partial charge in [-0.15, -0.1) is 0 Å². The Morgan fingerprint density at radius 2 is 1.68 bits per heavy atom. The van der Waals surface area contributed by atoms with Crippen LogP contribution in [0.25, 0.3) is 33.8 Å². The van der Waals surface area contributed by atoms with E-state index < -0.39 is 0 Å². The molecule has 4 aromatic heterocycles. The van der Waals surface area contributed by atoms with Gasteiger partial charge in [0.25, 0.3) is 0 Å². The molecule has 0 saturated heterocycles. The molecular weight excluding hydrogens is 420 g/mol. The zero-order chi connectivity index (χ0) is 23.5. The van der Waals surface area contributed by atoms with E-state index in [4.69, 9.17) is 15.0 Å². The van der Waals surface area contributed by atoms with Crippen molar-refractivity contribution in [2.24, 2.45) is 0 Å². The maximum Gasteiger partial charge on any atom is 0.121 e. The number of benzene rings is 1. The van der Waals surface area contributed by atoms with E-state index in [1.807, 2.05) is 49.4 Å². The summed E-state index contributed by atoms with van der Waals surface area (Å²) in [6.07, 6.45) is 2.79. The molecule has 5 aromatic rings. The monoisotopic (exact) mass is 448 g/mol. The molecule has 0 fully saturated rings. The highest BCUT2D eigenvalue weighted by molar-refractivity contribution is 5.81. The van der Waals surface area contributed by atoms with Gasteiger partial charge in [-0.2, -0.15) is 0 Å². The van der Waals surface area contributed by atoms with Gasteiger partial charge >= 0.3 is 0 Å². The summed E-state index contributed by atoms with van der Waals surface area (Å²) in [4.78, 5) is 24.8. The average Bonchev–Trinajstić information content (AvgIpc) is 3.27. The largest absolute Gasteiger partial charge is 0.339 e. The van der Waals surface area contributed by atoms with Gasteiger partial charge in [0.1, 0.15) is 11.5 Å². The molecule has 0 spiro atoms. The Kier molecular flexibility index (Phi) is 6.14. The number of fused-ring (bicyclic) bond motifs is 1. The summed E-state index contributed by atoms with van der Waals surface area (Å²) in [6.45, 7) is 5.82. The molecule has 0 amide bonds. The minimum absolute atomic E-state index is 0.708. The molecule has 0 unspecified atom stereocenters. The maximum absolute atomic E-state index is 4.98. The number of likely N-dealkylation sites (N-methyl/N-ethyl adjacent to an activating group) is 1. The molecule has 0 atom stereocenters. The first kappa shape index (κ1) is 21.9. The highest BCUT2D eigenvalue weighted by atomic mass is 15.1. The van der Waals surface area contributed by atoms with E-state index in [1.54, 1.807) is 6.20 Å². The van der Waals surface area contributed by atoms with E-state index in [-0.39, 0.29) is 0 Å². The summed E-state index contributed by atoms with van der Waals surface area (Å²) in [5.74, 6) is 0.897. The van der Waals surface area contributed by atoms with Crippen LogP contribution in [-0.2, 0) is 13.0 Å². The fourth-order valence-corrected chi connectivity index (χ4v) is 4.18. The van der Waals surface area contributed by atoms with Crippen LogP contribution in [0.15, 0.2) is 72.9 Å². The Morgan fingerprint density at radius 1 is 0.794 bits per heavy atom. The lowest BCUT2D eigenvalue weighted by Crippen LogP contribution is -2.21. The van der Waals surface area contributed by atoms with Crippen molar-refractivity contribution in [1.82, 2.24) is 29.8 Å². The van der Waals surface area contributed by atoms with E-state index >= 15 is 0 Å². The summed E-state index contributed by atoms with van der Waals surface area (Å²) in [5, 5.41) is 0. The molecule has 0 aliphatic heterocycles. The van der Waals surface area contributed by atoms with Crippen molar-refractivity contribution >= 4 is 11.0 Å². The number of hydrogen-bond donors (Lipinski definition) is 1. The second kappa shape index (κ2) is 9.53. The lowest BCUT2D eigenvalue weighted by atomic mass is 10.1. The van der Waals surface area contributed by atoms with Crippen LogP contribution in [0.4, 0.5) is 0 Å². The van der Waals surface area contributed by atoms with E-state index in [2.05, 4.69) is 53.1 Å². The number of H-pyrrole nitrogens is 1. The molecule has 1 aromatic carbocycles. The first-order valence-electron chi connectivity index (χ1n) is 11.5. The van der Waals surface area contributed by atoms with Crippen LogP contribution in [0.2, 0.25) is 0 Å². The second-order valence-corrected chi connectivity index (χ2v) is 8.72. The zero-order valence-electron chi connectivity index (χ0n) is 19.8. The van der Waals surface area contributed by atoms with Crippen LogP contribution >= 0.6 is 0 Å². The topological polar surface area (TPSA) is 70.6 Å². The summed E-state index contributed by atoms with van der Waals surface area (Å²) >= 11 is 0. The molecule has 0 radical (unpaired) electrons. The van der Waals surface area contributed by atoms with Gasteiger partial charge in [0.05, 0.1) is 34.7 Å². The van der Waals surface area contributed by atoms with Crippen molar-refractivity contribution in [2.45, 2.75) is 26.8 Å². The van der Waals surface area contributed by atoms with Crippen molar-refractivity contribution in [3.63, 3.8) is 0 Å². The minimum Gasteiger partial charge on any atom is -0.339 e. The highest BCUT2D eigenvalue weighted by Crippen LogP contribution is 2.29. The Labute approximate surface area is 199 Å². The predicted molar refractivity (Wildman–Crippen MR) is 136 cm³/mol. The smallest absolute Gasteiger partial charge is 0.121 e. The molecule has 6 nitrogen and oxygen atoms in total. The molecule has 170 valence electrons. The van der Waals surface area contributed by atoms with Crippen molar-refractivity contribution < 1.29 is 0 Å². The minimum atomic E-state index is 0.708. The highest BCUT2D eigenvalue weighted by Gasteiger charge is 2.18. The van der Waals surface area contributed by atoms with Gasteiger partial charge in [-0.25, -0.2) is 9.97 Å². The van der Waals surface area contributed by atoms with E-state index in [1.165, 1.54) is 11.1 Å². The molecule has 5 rings (SSSR count). The van der Waals surface area contributed by atoms with Gasteiger partial charge in [0.15, 0.2) is 0 Å². The molecular formula is C28H28N6. The first-order chi connectivity index (χ1) is 16.6. The van der Waals surface area contributed by atoms with Crippen LogP contribution in [-0.4, -0.2) is 43.4 Å². The molecule has 4 heterocycles. The SMILES string of the molecule is Cc1cccc(-c2nc(CN(C)CCc3ccccc3C)[nH]c2-c2ccc3ncccc3n2)n1. The number of imidazole rings is 1. The maximum atomic E-state index is 4.98. The number of aromatic nitrogens is 5. The van der Waals surface area contributed by atoms with E-state index in [0.29, 0.717) is 6.54 Å². The Balaban J connectivity index is 1.45. The molecule has 34 heavy (non-hydrogen) atoms. The molecule has 1 N–H and O–H groups in total. The predicted octanol–water partition coefficient (Wildman–Crippen LogP) is 5.37. The number of nitrogens with one attached hydrogen (secondary N) is 1. The van der Waals surface area contributed by atoms with Crippen LogP contribution in [0, 0.1) is 13.8 Å². The summed E-state index contributed by atoms with van der Waals surface area (Å²) in [7, 11) is 2.13. The molecule has 0 aliphatic rings. The molecule has 0 bridgehead atoms. The number of rotatable bonds is 7. The lowest BCUT2D eigenvalue weighted by Gasteiger charge is -2.15. The van der Waals surface area contributed by atoms with E-state index in [0.717, 1.165) is 58.3 Å². The number of aryl methyl sites for hydroxylation is 2. The van der Waals surface area contributed by atoms with Crippen LogP contribution in [0.1, 0.15) is 22.6 Å². The second-order valence-electron chi connectivity index (χ2n) is 8.72. The number of pyridine rings is 3. The van der Waals surface area contributed by atoms with Gasteiger partial charge < -0.3 is 4.98 Å². The van der Waals surface area contributed by atoms with Crippen molar-refractivity contribution in [2.75, 3.05) is 13.6 Å². The summed E-state index contributed by atoms with van der Waals surface area (Å²) < 4.78 is 0. The fraction of sp³-hybridized carbons (Fsp3) is 0.214. The third kappa shape index (κ3) is 4.72. The Morgan fingerprint density at radius 3 is 2.53 bits per heavy atom. The summed E-state index contributed by atoms with van der Waals surface area (Å²) in [6, 6.07) is 22.5. The summed E-state index contributed by atoms with van der Waals surface area (Å²) in [5.41, 5.74) is 8.78. The van der Waals surface area contributed by atoms with Crippen LogP contribution < -0.4 is 0 Å². The molecule has 6 heteroatoms. The van der Waals surface area contributed by atoms with Crippen LogP contribution in [0.5, 0.6) is 0 Å². The van der Waals surface area contributed by atoms with E-state index in [9.17, 15) is 0 Å². The zero-order valence-corrected chi connectivity index (χ0v) is 19.8. The number of aromatic amines is 1. The van der Waals surface area contributed by atoms with Crippen molar-refractivity contribution in [1.29, 1.82) is 0 Å². The quantitative estimate of drug-likeness (QED) is 0.362. The van der Waals surface area contributed by atoms with Gasteiger partial charge in [0.2, 0.25) is 0 Å². The Hall–Kier alpha value is -3.90. The van der Waals surface area contributed by atoms with Gasteiger partial charge in [-0.1, -0.05) is 30.3 Å². The fourth-order valence-electron chi connectivity index (χ4n) is 4.18.